The summed E-state index contributed by atoms with van der Waals surface area (Å²) in [5.74, 6) is 0.183. The summed E-state index contributed by atoms with van der Waals surface area (Å²) in [6.45, 7) is 0. The fourth-order valence-electron chi connectivity index (χ4n) is 3.53. The Labute approximate surface area is 135 Å². The van der Waals surface area contributed by atoms with Gasteiger partial charge in [-0.25, -0.2) is 0 Å². The topological polar surface area (TPSA) is 37.3 Å². The molecule has 0 unspecified atom stereocenters. The van der Waals surface area contributed by atoms with Crippen molar-refractivity contribution < 1.29 is 9.90 Å². The van der Waals surface area contributed by atoms with Gasteiger partial charge in [-0.2, -0.15) is 0 Å². The molecule has 0 amide bonds. The second-order valence-corrected chi connectivity index (χ2v) is 5.84. The lowest BCUT2D eigenvalue weighted by atomic mass is 9.91. The molecular formula is C21H16O2. The van der Waals surface area contributed by atoms with Crippen LogP contribution in [0.1, 0.15) is 16.7 Å². The van der Waals surface area contributed by atoms with Crippen LogP contribution < -0.4 is 0 Å². The molecule has 2 heteroatoms. The Morgan fingerprint density at radius 2 is 1.48 bits per heavy atom. The van der Waals surface area contributed by atoms with Crippen molar-refractivity contribution in [2.24, 2.45) is 0 Å². The molecule has 0 bridgehead atoms. The molecule has 0 fully saturated rings. The molecule has 0 atom stereocenters. The number of hydrogen-bond acceptors (Lipinski definition) is 2. The van der Waals surface area contributed by atoms with E-state index in [-0.39, 0.29) is 12.2 Å². The van der Waals surface area contributed by atoms with Crippen molar-refractivity contribution in [1.82, 2.24) is 0 Å². The van der Waals surface area contributed by atoms with E-state index in [4.69, 9.17) is 0 Å². The van der Waals surface area contributed by atoms with E-state index >= 15 is 0 Å². The number of carbonyl (C=O) groups is 1. The highest BCUT2D eigenvalue weighted by atomic mass is 16.3. The zero-order chi connectivity index (χ0) is 15.8. The van der Waals surface area contributed by atoms with Crippen LogP contribution in [0.3, 0.4) is 0 Å². The summed E-state index contributed by atoms with van der Waals surface area (Å²) >= 11 is 0. The van der Waals surface area contributed by atoms with Gasteiger partial charge in [0.1, 0.15) is 12.0 Å². The number of benzene rings is 3. The normalized spacial score (nSPS) is 11.8. The first-order chi connectivity index (χ1) is 11.3. The molecule has 0 aromatic heterocycles. The van der Waals surface area contributed by atoms with Crippen LogP contribution in [0, 0.1) is 0 Å². The summed E-state index contributed by atoms with van der Waals surface area (Å²) in [5.41, 5.74) is 7.87. The summed E-state index contributed by atoms with van der Waals surface area (Å²) < 4.78 is 0. The Morgan fingerprint density at radius 1 is 0.826 bits per heavy atom. The van der Waals surface area contributed by atoms with Crippen LogP contribution in [-0.4, -0.2) is 11.4 Å². The number of phenolic OH excluding ortho intramolecular Hbond substituents is 1. The van der Waals surface area contributed by atoms with Crippen molar-refractivity contribution in [2.45, 2.75) is 12.8 Å². The third kappa shape index (κ3) is 2.15. The first-order valence-electron chi connectivity index (χ1n) is 7.74. The van der Waals surface area contributed by atoms with Gasteiger partial charge in [0, 0.05) is 12.0 Å². The van der Waals surface area contributed by atoms with Crippen molar-refractivity contribution in [3.05, 3.63) is 77.4 Å². The average Bonchev–Trinajstić information content (AvgIpc) is 2.96. The highest BCUT2D eigenvalue weighted by Crippen LogP contribution is 2.43. The number of hydrogen-bond donors (Lipinski definition) is 1. The van der Waals surface area contributed by atoms with Gasteiger partial charge in [-0.05, 0) is 45.9 Å². The van der Waals surface area contributed by atoms with E-state index in [0.717, 1.165) is 23.8 Å². The molecule has 3 aromatic carbocycles. The van der Waals surface area contributed by atoms with E-state index in [1.807, 2.05) is 18.2 Å². The Kier molecular flexibility index (Phi) is 3.23. The fraction of sp³-hybridized carbons (Fsp3) is 0.0952. The first kappa shape index (κ1) is 13.8. The van der Waals surface area contributed by atoms with E-state index in [0.29, 0.717) is 5.56 Å². The molecule has 0 spiro atoms. The third-order valence-corrected chi connectivity index (χ3v) is 4.58. The molecule has 112 valence electrons. The molecule has 0 saturated heterocycles. The van der Waals surface area contributed by atoms with E-state index in [1.165, 1.54) is 22.3 Å². The van der Waals surface area contributed by atoms with Crippen LogP contribution in [0.2, 0.25) is 0 Å². The van der Waals surface area contributed by atoms with Crippen LogP contribution in [0.15, 0.2) is 60.7 Å². The Morgan fingerprint density at radius 3 is 2.30 bits per heavy atom. The minimum absolute atomic E-state index is 0.183. The second-order valence-electron chi connectivity index (χ2n) is 5.84. The van der Waals surface area contributed by atoms with Crippen molar-refractivity contribution in [3.8, 4) is 28.0 Å². The van der Waals surface area contributed by atoms with Gasteiger partial charge in [-0.1, -0.05) is 54.6 Å². The molecule has 23 heavy (non-hydrogen) atoms. The highest BCUT2D eigenvalue weighted by Gasteiger charge is 2.22. The molecule has 1 N–H and O–H groups in total. The standard InChI is InChI=1S/C21H16O2/c22-12-11-19-17(9-4-10-21(19)23)18-8-3-7-16-15-6-2-1-5-14(15)13-20(16)18/h1-10,12,23H,11,13H2. The van der Waals surface area contributed by atoms with Gasteiger partial charge in [0.05, 0.1) is 0 Å². The maximum Gasteiger partial charge on any atom is 0.124 e. The van der Waals surface area contributed by atoms with Gasteiger partial charge in [-0.15, -0.1) is 0 Å². The van der Waals surface area contributed by atoms with Crippen LogP contribution in [0.5, 0.6) is 5.75 Å². The summed E-state index contributed by atoms with van der Waals surface area (Å²) in [4.78, 5) is 11.0. The Bertz CT molecular complexity index is 909. The van der Waals surface area contributed by atoms with Gasteiger partial charge >= 0.3 is 0 Å². The second kappa shape index (κ2) is 5.40. The molecule has 0 radical (unpaired) electrons. The van der Waals surface area contributed by atoms with Gasteiger partial charge in [0.2, 0.25) is 0 Å². The first-order valence-corrected chi connectivity index (χ1v) is 7.74. The molecule has 1 aliphatic carbocycles. The lowest BCUT2D eigenvalue weighted by Crippen LogP contribution is -1.95. The zero-order valence-corrected chi connectivity index (χ0v) is 12.6. The summed E-state index contributed by atoms with van der Waals surface area (Å²) in [5, 5.41) is 10.1. The number of aromatic hydroxyl groups is 1. The lowest BCUT2D eigenvalue weighted by molar-refractivity contribution is -0.107. The molecule has 0 aliphatic heterocycles. The lowest BCUT2D eigenvalue weighted by Gasteiger charge is -2.13. The van der Waals surface area contributed by atoms with Crippen molar-refractivity contribution in [3.63, 3.8) is 0 Å². The predicted molar refractivity (Wildman–Crippen MR) is 91.6 cm³/mol. The molecule has 0 saturated carbocycles. The molecular weight excluding hydrogens is 284 g/mol. The smallest absolute Gasteiger partial charge is 0.124 e. The minimum atomic E-state index is 0.183. The SMILES string of the molecule is O=CCc1c(O)cccc1-c1cccc2c1Cc1ccccc1-2. The third-order valence-electron chi connectivity index (χ3n) is 4.58. The van der Waals surface area contributed by atoms with Crippen LogP contribution in [0.4, 0.5) is 0 Å². The summed E-state index contributed by atoms with van der Waals surface area (Å²) in [7, 11) is 0. The largest absolute Gasteiger partial charge is 0.508 e. The van der Waals surface area contributed by atoms with Crippen LogP contribution in [0.25, 0.3) is 22.3 Å². The predicted octanol–water partition coefficient (Wildman–Crippen LogP) is 4.37. The maximum atomic E-state index is 11.0. The van der Waals surface area contributed by atoms with Gasteiger partial charge in [-0.3, -0.25) is 0 Å². The van der Waals surface area contributed by atoms with E-state index in [1.54, 1.807) is 6.07 Å². The van der Waals surface area contributed by atoms with Gasteiger partial charge in [0.25, 0.3) is 0 Å². The highest BCUT2D eigenvalue weighted by molar-refractivity contribution is 5.86. The van der Waals surface area contributed by atoms with Crippen LogP contribution in [-0.2, 0) is 17.6 Å². The maximum absolute atomic E-state index is 11.0. The number of fused-ring (bicyclic) bond motifs is 3. The van der Waals surface area contributed by atoms with Crippen molar-refractivity contribution in [1.29, 1.82) is 0 Å². The molecule has 0 heterocycles. The summed E-state index contributed by atoms with van der Waals surface area (Å²) in [6, 6.07) is 20.2. The Hall–Kier alpha value is -2.87. The fourth-order valence-corrected chi connectivity index (χ4v) is 3.53. The van der Waals surface area contributed by atoms with Crippen LogP contribution >= 0.6 is 0 Å². The molecule has 2 nitrogen and oxygen atoms in total. The molecule has 1 aliphatic rings. The number of aldehydes is 1. The quantitative estimate of drug-likeness (QED) is 0.570. The number of carbonyl (C=O) groups excluding carboxylic acids is 1. The van der Waals surface area contributed by atoms with Crippen molar-refractivity contribution in [2.75, 3.05) is 0 Å². The van der Waals surface area contributed by atoms with Crippen molar-refractivity contribution >= 4 is 6.29 Å². The molecule has 3 aromatic rings. The number of rotatable bonds is 3. The van der Waals surface area contributed by atoms with E-state index < -0.39 is 0 Å². The monoisotopic (exact) mass is 300 g/mol. The average molecular weight is 300 g/mol. The van der Waals surface area contributed by atoms with E-state index in [2.05, 4.69) is 36.4 Å². The zero-order valence-electron chi connectivity index (χ0n) is 12.6. The Balaban J connectivity index is 1.94. The number of phenols is 1. The van der Waals surface area contributed by atoms with Gasteiger partial charge in [0.15, 0.2) is 0 Å². The summed E-state index contributed by atoms with van der Waals surface area (Å²) in [6.07, 6.45) is 1.95. The minimum Gasteiger partial charge on any atom is -0.508 e. The molecule has 4 rings (SSSR count). The van der Waals surface area contributed by atoms with Gasteiger partial charge < -0.3 is 9.90 Å². The van der Waals surface area contributed by atoms with E-state index in [9.17, 15) is 9.90 Å².